The van der Waals surface area contributed by atoms with Crippen LogP contribution in [0.3, 0.4) is 0 Å². The number of piperidine rings is 1. The third kappa shape index (κ3) is 4.92. The molecule has 0 aliphatic carbocycles. The van der Waals surface area contributed by atoms with Gasteiger partial charge in [-0.3, -0.25) is 4.90 Å². The molecule has 1 atom stereocenters. The number of rotatable bonds is 7. The van der Waals surface area contributed by atoms with Gasteiger partial charge in [0.05, 0.1) is 18.8 Å². The number of ether oxygens (including phenoxy) is 1. The Morgan fingerprint density at radius 3 is 2.66 bits per heavy atom. The number of aromatic nitrogens is 1. The molecule has 4 heterocycles. The van der Waals surface area contributed by atoms with E-state index < -0.39 is 0 Å². The lowest BCUT2D eigenvalue weighted by atomic mass is 9.91. The molecule has 1 aromatic rings. The molecule has 29 heavy (non-hydrogen) atoms. The minimum atomic E-state index is -0.297. The van der Waals surface area contributed by atoms with Gasteiger partial charge in [-0.05, 0) is 47.0 Å². The zero-order valence-corrected chi connectivity index (χ0v) is 18.1. The first kappa shape index (κ1) is 20.6. The van der Waals surface area contributed by atoms with Crippen molar-refractivity contribution in [2.75, 3.05) is 59.9 Å². The van der Waals surface area contributed by atoms with Crippen molar-refractivity contribution >= 4 is 6.09 Å². The molecule has 1 spiro atoms. The third-order valence-electron chi connectivity index (χ3n) is 6.74. The molecule has 0 aromatic carbocycles. The molecule has 3 aliphatic rings. The van der Waals surface area contributed by atoms with Crippen LogP contribution in [0.15, 0.2) is 10.6 Å². The third-order valence-corrected chi connectivity index (χ3v) is 6.74. The van der Waals surface area contributed by atoms with Crippen molar-refractivity contribution in [1.82, 2.24) is 24.8 Å². The van der Waals surface area contributed by atoms with Gasteiger partial charge in [0.25, 0.3) is 0 Å². The Morgan fingerprint density at radius 2 is 2.00 bits per heavy atom. The van der Waals surface area contributed by atoms with E-state index in [0.717, 1.165) is 83.1 Å². The largest absolute Gasteiger partial charge is 0.441 e. The van der Waals surface area contributed by atoms with Gasteiger partial charge in [-0.2, -0.15) is 0 Å². The molecular formula is C21H35N5O3. The molecule has 3 fully saturated rings. The normalized spacial score (nSPS) is 25.4. The van der Waals surface area contributed by atoms with E-state index in [1.807, 2.05) is 17.9 Å². The van der Waals surface area contributed by atoms with Crippen LogP contribution in [0.1, 0.15) is 37.1 Å². The van der Waals surface area contributed by atoms with Gasteiger partial charge in [0.15, 0.2) is 5.76 Å². The van der Waals surface area contributed by atoms with E-state index in [4.69, 9.17) is 9.26 Å². The topological polar surface area (TPSA) is 65.3 Å². The number of amides is 1. The Balaban J connectivity index is 1.19. The smallest absolute Gasteiger partial charge is 0.410 e. The average Bonchev–Trinajstić information content (AvgIpc) is 3.38. The molecule has 0 N–H and O–H groups in total. The summed E-state index contributed by atoms with van der Waals surface area (Å²) in [5, 5.41) is 3.96. The van der Waals surface area contributed by atoms with Crippen LogP contribution in [0.2, 0.25) is 0 Å². The Hall–Kier alpha value is -1.64. The lowest BCUT2D eigenvalue weighted by Crippen LogP contribution is -2.46. The summed E-state index contributed by atoms with van der Waals surface area (Å²) in [6.07, 6.45) is 3.91. The first-order chi connectivity index (χ1) is 13.9. The van der Waals surface area contributed by atoms with Crippen molar-refractivity contribution in [3.8, 4) is 0 Å². The number of carbonyl (C=O) groups is 1. The Kier molecular flexibility index (Phi) is 6.13. The summed E-state index contributed by atoms with van der Waals surface area (Å²) in [6.45, 7) is 9.45. The average molecular weight is 406 g/mol. The van der Waals surface area contributed by atoms with Crippen LogP contribution in [-0.4, -0.2) is 102 Å². The Bertz CT molecular complexity index is 698. The lowest BCUT2D eigenvalue weighted by molar-refractivity contribution is -0.00296. The van der Waals surface area contributed by atoms with Gasteiger partial charge in [0, 0.05) is 51.1 Å². The lowest BCUT2D eigenvalue weighted by Gasteiger charge is -2.36. The Morgan fingerprint density at radius 1 is 1.21 bits per heavy atom. The van der Waals surface area contributed by atoms with E-state index in [-0.39, 0.29) is 11.7 Å². The summed E-state index contributed by atoms with van der Waals surface area (Å²) in [6, 6.07) is 2.66. The van der Waals surface area contributed by atoms with Gasteiger partial charge in [-0.25, -0.2) is 4.79 Å². The van der Waals surface area contributed by atoms with E-state index in [9.17, 15) is 4.79 Å². The van der Waals surface area contributed by atoms with Crippen LogP contribution in [0, 0.1) is 6.92 Å². The maximum absolute atomic E-state index is 12.4. The number of aryl methyl sites for hydroxylation is 1. The molecule has 0 radical (unpaired) electrons. The molecule has 0 saturated carbocycles. The molecule has 3 aliphatic heterocycles. The van der Waals surface area contributed by atoms with Crippen molar-refractivity contribution in [2.24, 2.45) is 0 Å². The first-order valence-corrected chi connectivity index (χ1v) is 10.9. The number of nitrogens with zero attached hydrogens (tertiary/aromatic N) is 5. The molecule has 3 saturated heterocycles. The van der Waals surface area contributed by atoms with E-state index in [0.29, 0.717) is 6.04 Å². The fourth-order valence-corrected chi connectivity index (χ4v) is 4.88. The molecule has 1 aromatic heterocycles. The van der Waals surface area contributed by atoms with Gasteiger partial charge >= 0.3 is 6.09 Å². The Labute approximate surface area is 173 Å². The van der Waals surface area contributed by atoms with E-state index in [1.165, 1.54) is 6.42 Å². The predicted octanol–water partition coefficient (Wildman–Crippen LogP) is 1.80. The number of hydrogen-bond donors (Lipinski definition) is 0. The standard InChI is InChI=1S/C21H35N5O3/c1-17-13-19(29-22-17)15-25-11-6-21(7-12-25)16-26(20(27)28-21)9-4-8-24-10-5-18(14-24)23(2)3/h13,18H,4-12,14-16H2,1-3H3/t18-/m1/s1. The number of likely N-dealkylation sites (tertiary alicyclic amines) is 2. The zero-order valence-electron chi connectivity index (χ0n) is 18.1. The van der Waals surface area contributed by atoms with Crippen LogP contribution in [0.25, 0.3) is 0 Å². The molecule has 162 valence electrons. The summed E-state index contributed by atoms with van der Waals surface area (Å²) in [5.41, 5.74) is 0.620. The quantitative estimate of drug-likeness (QED) is 0.685. The van der Waals surface area contributed by atoms with Gasteiger partial charge < -0.3 is 24.0 Å². The fraction of sp³-hybridized carbons (Fsp3) is 0.810. The van der Waals surface area contributed by atoms with E-state index in [1.54, 1.807) is 0 Å². The SMILES string of the molecule is Cc1cc(CN2CCC3(CC2)CN(CCCN2CC[C@@H](N(C)C)C2)C(=O)O3)on1. The highest BCUT2D eigenvalue weighted by Crippen LogP contribution is 2.33. The highest BCUT2D eigenvalue weighted by Gasteiger charge is 2.46. The second-order valence-electron chi connectivity index (χ2n) is 9.24. The highest BCUT2D eigenvalue weighted by molar-refractivity contribution is 5.70. The molecule has 1 amide bonds. The zero-order chi connectivity index (χ0) is 20.4. The summed E-state index contributed by atoms with van der Waals surface area (Å²) in [5.74, 6) is 0.905. The van der Waals surface area contributed by atoms with Crippen molar-refractivity contribution in [2.45, 2.75) is 50.8 Å². The van der Waals surface area contributed by atoms with Gasteiger partial charge in [0.2, 0.25) is 0 Å². The molecular weight excluding hydrogens is 370 g/mol. The highest BCUT2D eigenvalue weighted by atomic mass is 16.6. The maximum atomic E-state index is 12.4. The minimum Gasteiger partial charge on any atom is -0.441 e. The van der Waals surface area contributed by atoms with Crippen LogP contribution >= 0.6 is 0 Å². The van der Waals surface area contributed by atoms with Crippen molar-refractivity contribution in [3.63, 3.8) is 0 Å². The van der Waals surface area contributed by atoms with Crippen LogP contribution in [-0.2, 0) is 11.3 Å². The molecule has 8 nitrogen and oxygen atoms in total. The minimum absolute atomic E-state index is 0.128. The fourth-order valence-electron chi connectivity index (χ4n) is 4.88. The first-order valence-electron chi connectivity index (χ1n) is 10.9. The van der Waals surface area contributed by atoms with Crippen molar-refractivity contribution in [3.05, 3.63) is 17.5 Å². The predicted molar refractivity (Wildman–Crippen MR) is 110 cm³/mol. The molecule has 0 unspecified atom stereocenters. The van der Waals surface area contributed by atoms with Crippen LogP contribution < -0.4 is 0 Å². The summed E-state index contributed by atoms with van der Waals surface area (Å²) in [4.78, 5) is 21.6. The second-order valence-corrected chi connectivity index (χ2v) is 9.24. The summed E-state index contributed by atoms with van der Waals surface area (Å²) < 4.78 is 11.2. The monoisotopic (exact) mass is 405 g/mol. The van der Waals surface area contributed by atoms with Gasteiger partial charge in [-0.1, -0.05) is 5.16 Å². The number of likely N-dealkylation sites (N-methyl/N-ethyl adjacent to an activating group) is 1. The second kappa shape index (κ2) is 8.62. The molecule has 4 rings (SSSR count). The van der Waals surface area contributed by atoms with Crippen LogP contribution in [0.4, 0.5) is 4.79 Å². The number of hydrogen-bond acceptors (Lipinski definition) is 7. The molecule has 0 bridgehead atoms. The van der Waals surface area contributed by atoms with Crippen molar-refractivity contribution < 1.29 is 14.1 Å². The van der Waals surface area contributed by atoms with Crippen LogP contribution in [0.5, 0.6) is 0 Å². The summed E-state index contributed by atoms with van der Waals surface area (Å²) >= 11 is 0. The van der Waals surface area contributed by atoms with E-state index >= 15 is 0 Å². The van der Waals surface area contributed by atoms with Crippen molar-refractivity contribution in [1.29, 1.82) is 0 Å². The van der Waals surface area contributed by atoms with Gasteiger partial charge in [0.1, 0.15) is 5.60 Å². The summed E-state index contributed by atoms with van der Waals surface area (Å²) in [7, 11) is 4.32. The van der Waals surface area contributed by atoms with Gasteiger partial charge in [-0.15, -0.1) is 0 Å². The van der Waals surface area contributed by atoms with E-state index in [2.05, 4.69) is 34.0 Å². The number of carbonyl (C=O) groups excluding carboxylic acids is 1. The molecule has 8 heteroatoms. The maximum Gasteiger partial charge on any atom is 0.410 e.